The van der Waals surface area contributed by atoms with Gasteiger partial charge in [0.05, 0.1) is 6.61 Å². The van der Waals surface area contributed by atoms with Crippen LogP contribution in [0.2, 0.25) is 0 Å². The smallest absolute Gasteiger partial charge is 0.409 e. The molecule has 1 aliphatic rings. The van der Waals surface area contributed by atoms with Crippen LogP contribution in [0.25, 0.3) is 0 Å². The number of aliphatic imine (C=N–C) groups is 1. The van der Waals surface area contributed by atoms with Crippen LogP contribution in [-0.2, 0) is 4.74 Å². The predicted octanol–water partition coefficient (Wildman–Crippen LogP) is 2.62. The summed E-state index contributed by atoms with van der Waals surface area (Å²) in [6.45, 7) is 8.49. The van der Waals surface area contributed by atoms with Crippen molar-refractivity contribution >= 4 is 12.1 Å². The summed E-state index contributed by atoms with van der Waals surface area (Å²) in [4.78, 5) is 17.9. The maximum atomic E-state index is 11.7. The van der Waals surface area contributed by atoms with Gasteiger partial charge in [-0.3, -0.25) is 4.99 Å². The summed E-state index contributed by atoms with van der Waals surface area (Å²) >= 11 is 0. The van der Waals surface area contributed by atoms with Crippen LogP contribution >= 0.6 is 0 Å². The Balaban J connectivity index is 1.76. The van der Waals surface area contributed by atoms with Crippen molar-refractivity contribution in [2.45, 2.75) is 45.6 Å². The highest BCUT2D eigenvalue weighted by Gasteiger charge is 2.23. The Bertz CT molecular complexity index is 578. The van der Waals surface area contributed by atoms with Gasteiger partial charge in [0.1, 0.15) is 0 Å². The molecule has 0 radical (unpaired) electrons. The average molecular weight is 346 g/mol. The van der Waals surface area contributed by atoms with Crippen molar-refractivity contribution in [1.82, 2.24) is 10.2 Å². The molecule has 0 saturated carbocycles. The van der Waals surface area contributed by atoms with Gasteiger partial charge in [0, 0.05) is 31.6 Å². The standard InChI is InChI=1S/C19H30N4O2/c1-4-25-19(24)23-11-9-17(10-12-23)22-18(20)21-13-15(3)16-7-5-14(2)6-8-16/h5-8,15,17H,4,9-13H2,1-3H3,(H3,20,21,22). The second kappa shape index (κ2) is 9.30. The number of piperidine rings is 1. The lowest BCUT2D eigenvalue weighted by Gasteiger charge is -2.31. The molecule has 3 N–H and O–H groups in total. The van der Waals surface area contributed by atoms with Crippen LogP contribution in [-0.4, -0.2) is 49.2 Å². The summed E-state index contributed by atoms with van der Waals surface area (Å²) in [5.74, 6) is 0.806. The quantitative estimate of drug-likeness (QED) is 0.634. The lowest BCUT2D eigenvalue weighted by molar-refractivity contribution is 0.0963. The van der Waals surface area contributed by atoms with E-state index in [4.69, 9.17) is 10.5 Å². The van der Waals surface area contributed by atoms with Crippen LogP contribution in [0, 0.1) is 6.92 Å². The van der Waals surface area contributed by atoms with Crippen LogP contribution in [0.5, 0.6) is 0 Å². The van der Waals surface area contributed by atoms with Crippen LogP contribution < -0.4 is 11.1 Å². The maximum absolute atomic E-state index is 11.7. The van der Waals surface area contributed by atoms with E-state index in [0.29, 0.717) is 38.1 Å². The Morgan fingerprint density at radius 1 is 1.36 bits per heavy atom. The van der Waals surface area contributed by atoms with Crippen LogP contribution in [0.4, 0.5) is 4.79 Å². The van der Waals surface area contributed by atoms with Crippen molar-refractivity contribution in [3.8, 4) is 0 Å². The first-order valence-corrected chi connectivity index (χ1v) is 9.04. The van der Waals surface area contributed by atoms with E-state index < -0.39 is 0 Å². The molecule has 0 aromatic heterocycles. The van der Waals surface area contributed by atoms with Crippen molar-refractivity contribution in [2.24, 2.45) is 10.7 Å². The molecule has 6 nitrogen and oxygen atoms in total. The molecule has 1 atom stereocenters. The Morgan fingerprint density at radius 3 is 2.60 bits per heavy atom. The highest BCUT2D eigenvalue weighted by molar-refractivity contribution is 5.78. The third-order valence-corrected chi connectivity index (χ3v) is 4.55. The molecule has 1 aliphatic heterocycles. The Kier molecular flexibility index (Phi) is 7.10. The highest BCUT2D eigenvalue weighted by atomic mass is 16.6. The lowest BCUT2D eigenvalue weighted by Crippen LogP contribution is -2.48. The number of ether oxygens (including phenoxy) is 1. The van der Waals surface area contributed by atoms with Crippen molar-refractivity contribution in [3.05, 3.63) is 35.4 Å². The molecule has 25 heavy (non-hydrogen) atoms. The largest absolute Gasteiger partial charge is 0.450 e. The van der Waals surface area contributed by atoms with E-state index in [1.54, 1.807) is 4.90 Å². The van der Waals surface area contributed by atoms with E-state index in [2.05, 4.69) is 48.4 Å². The fourth-order valence-electron chi connectivity index (χ4n) is 2.91. The molecule has 1 heterocycles. The molecule has 1 aromatic rings. The number of benzene rings is 1. The van der Waals surface area contributed by atoms with Gasteiger partial charge in [-0.2, -0.15) is 0 Å². The number of nitrogens with one attached hydrogen (secondary N) is 1. The number of likely N-dealkylation sites (tertiary alicyclic amines) is 1. The minimum atomic E-state index is -0.227. The molecule has 1 unspecified atom stereocenters. The lowest BCUT2D eigenvalue weighted by atomic mass is 10.0. The zero-order valence-corrected chi connectivity index (χ0v) is 15.5. The van der Waals surface area contributed by atoms with E-state index >= 15 is 0 Å². The van der Waals surface area contributed by atoms with E-state index in [9.17, 15) is 4.79 Å². The number of hydrogen-bond acceptors (Lipinski definition) is 3. The van der Waals surface area contributed by atoms with E-state index in [1.807, 2.05) is 6.92 Å². The van der Waals surface area contributed by atoms with Gasteiger partial charge >= 0.3 is 6.09 Å². The minimum Gasteiger partial charge on any atom is -0.450 e. The number of amides is 1. The van der Waals surface area contributed by atoms with Crippen LogP contribution in [0.15, 0.2) is 29.3 Å². The maximum Gasteiger partial charge on any atom is 0.409 e. The van der Waals surface area contributed by atoms with Gasteiger partial charge < -0.3 is 20.7 Å². The van der Waals surface area contributed by atoms with Crippen molar-refractivity contribution < 1.29 is 9.53 Å². The Labute approximate surface area is 150 Å². The highest BCUT2D eigenvalue weighted by Crippen LogP contribution is 2.16. The summed E-state index contributed by atoms with van der Waals surface area (Å²) in [5.41, 5.74) is 8.56. The zero-order valence-electron chi connectivity index (χ0n) is 15.5. The summed E-state index contributed by atoms with van der Waals surface area (Å²) in [7, 11) is 0. The average Bonchev–Trinajstić information content (AvgIpc) is 2.61. The molecule has 138 valence electrons. The first kappa shape index (κ1) is 19.1. The summed E-state index contributed by atoms with van der Waals surface area (Å²) in [5, 5.41) is 3.28. The van der Waals surface area contributed by atoms with Gasteiger partial charge in [-0.1, -0.05) is 36.8 Å². The van der Waals surface area contributed by atoms with Crippen LogP contribution in [0.1, 0.15) is 43.7 Å². The number of carbonyl (C=O) groups excluding carboxylic acids is 1. The first-order chi connectivity index (χ1) is 12.0. The molecule has 6 heteroatoms. The summed E-state index contributed by atoms with van der Waals surface area (Å²) in [6, 6.07) is 8.78. The topological polar surface area (TPSA) is 80.0 Å². The third kappa shape index (κ3) is 5.96. The van der Waals surface area contributed by atoms with Crippen LogP contribution in [0.3, 0.4) is 0 Å². The SMILES string of the molecule is CCOC(=O)N1CCC(NC(N)=NCC(C)c2ccc(C)cc2)CC1. The number of guanidine groups is 1. The Morgan fingerprint density at radius 2 is 2.00 bits per heavy atom. The monoisotopic (exact) mass is 346 g/mol. The van der Waals surface area contributed by atoms with Crippen molar-refractivity contribution in [2.75, 3.05) is 26.2 Å². The molecule has 1 aromatic carbocycles. The summed E-state index contributed by atoms with van der Waals surface area (Å²) in [6.07, 6.45) is 1.47. The van der Waals surface area contributed by atoms with Crippen molar-refractivity contribution in [1.29, 1.82) is 0 Å². The molecular weight excluding hydrogens is 316 g/mol. The van der Waals surface area contributed by atoms with E-state index in [0.717, 1.165) is 12.8 Å². The van der Waals surface area contributed by atoms with Crippen molar-refractivity contribution in [3.63, 3.8) is 0 Å². The molecular formula is C19H30N4O2. The zero-order chi connectivity index (χ0) is 18.2. The molecule has 0 aliphatic carbocycles. The minimum absolute atomic E-state index is 0.227. The number of aryl methyl sites for hydroxylation is 1. The van der Waals surface area contributed by atoms with E-state index in [1.165, 1.54) is 11.1 Å². The number of rotatable bonds is 5. The fraction of sp³-hybridized carbons (Fsp3) is 0.579. The third-order valence-electron chi connectivity index (χ3n) is 4.55. The normalized spacial score (nSPS) is 17.2. The Hall–Kier alpha value is -2.24. The second-order valence-corrected chi connectivity index (χ2v) is 6.64. The number of nitrogens with two attached hydrogens (primary N) is 1. The van der Waals surface area contributed by atoms with E-state index in [-0.39, 0.29) is 12.1 Å². The number of nitrogens with zero attached hydrogens (tertiary/aromatic N) is 2. The van der Waals surface area contributed by atoms with Gasteiger partial charge in [0.15, 0.2) is 5.96 Å². The van der Waals surface area contributed by atoms with Gasteiger partial charge in [0.25, 0.3) is 0 Å². The molecule has 0 bridgehead atoms. The van der Waals surface area contributed by atoms with Gasteiger partial charge in [-0.25, -0.2) is 4.79 Å². The molecule has 1 fully saturated rings. The number of carbonyl (C=O) groups is 1. The summed E-state index contributed by atoms with van der Waals surface area (Å²) < 4.78 is 5.03. The number of hydrogen-bond donors (Lipinski definition) is 2. The molecule has 1 amide bonds. The molecule has 2 rings (SSSR count). The first-order valence-electron chi connectivity index (χ1n) is 9.04. The molecule has 1 saturated heterocycles. The van der Waals surface area contributed by atoms with Gasteiger partial charge in [-0.15, -0.1) is 0 Å². The fourth-order valence-corrected chi connectivity index (χ4v) is 2.91. The molecule has 0 spiro atoms. The van der Waals surface area contributed by atoms with Gasteiger partial charge in [0.2, 0.25) is 0 Å². The predicted molar refractivity (Wildman–Crippen MR) is 101 cm³/mol. The van der Waals surface area contributed by atoms with Gasteiger partial charge in [-0.05, 0) is 32.3 Å². The second-order valence-electron chi connectivity index (χ2n) is 6.64.